The Morgan fingerprint density at radius 2 is 0.657 bits per heavy atom. The minimum absolute atomic E-state index is 0.108. The van der Waals surface area contributed by atoms with Gasteiger partial charge in [-0.1, -0.05) is 246 Å². The Bertz CT molecular complexity index is 1390. The van der Waals surface area contributed by atoms with Crippen LogP contribution in [0.3, 0.4) is 0 Å². The maximum absolute atomic E-state index is 12.8. The molecule has 0 aliphatic carbocycles. The minimum Gasteiger partial charge on any atom is -0.462 e. The first-order chi connectivity index (χ1) is 33.0. The molecular formula is C61H100O6. The first kappa shape index (κ1) is 63.1. The monoisotopic (exact) mass is 929 g/mol. The lowest BCUT2D eigenvalue weighted by atomic mass is 10.0. The van der Waals surface area contributed by atoms with E-state index in [2.05, 4.69) is 93.7 Å². The zero-order chi connectivity index (χ0) is 48.6. The quantitative estimate of drug-likeness (QED) is 0.0199. The van der Waals surface area contributed by atoms with Crippen LogP contribution in [0, 0.1) is 0 Å². The third kappa shape index (κ3) is 52.9. The number of carbonyl (C=O) groups is 3. The van der Waals surface area contributed by atoms with Crippen molar-refractivity contribution in [3.8, 4) is 0 Å². The molecule has 380 valence electrons. The fraction of sp³-hybridized carbons (Fsp3) is 0.656. The molecule has 0 N–H and O–H groups in total. The predicted molar refractivity (Wildman–Crippen MR) is 288 cm³/mol. The molecule has 0 spiro atoms. The summed E-state index contributed by atoms with van der Waals surface area (Å²) in [6.45, 7) is 6.33. The number of esters is 3. The van der Waals surface area contributed by atoms with E-state index in [1.807, 2.05) is 36.5 Å². The molecular weight excluding hydrogens is 829 g/mol. The van der Waals surface area contributed by atoms with Crippen molar-refractivity contribution in [1.29, 1.82) is 0 Å². The van der Waals surface area contributed by atoms with Crippen molar-refractivity contribution in [2.75, 3.05) is 13.2 Å². The molecule has 0 amide bonds. The molecule has 0 heterocycles. The van der Waals surface area contributed by atoms with Crippen LogP contribution in [0.4, 0.5) is 0 Å². The van der Waals surface area contributed by atoms with Crippen LogP contribution in [0.2, 0.25) is 0 Å². The highest BCUT2D eigenvalue weighted by Gasteiger charge is 2.19. The summed E-state index contributed by atoms with van der Waals surface area (Å²) in [4.78, 5) is 38.1. The lowest BCUT2D eigenvalue weighted by Crippen LogP contribution is -2.30. The lowest BCUT2D eigenvalue weighted by Gasteiger charge is -2.18. The fourth-order valence-corrected chi connectivity index (χ4v) is 7.30. The molecule has 0 aromatic rings. The second-order valence-electron chi connectivity index (χ2n) is 17.8. The first-order valence-electron chi connectivity index (χ1n) is 27.4. The molecule has 6 heteroatoms. The maximum Gasteiger partial charge on any atom is 0.306 e. The SMILES string of the molecule is CC\C=C/C=C\C=C/C=C\CCCCCC(=O)OCC(COC(=O)CCCCC/C=C\C/C=C\C/C=C\C/C=C\C/C=C\CC)OC(=O)CCCCCCCCCCCCCCCCCCC. The van der Waals surface area contributed by atoms with Crippen LogP contribution in [0.1, 0.15) is 239 Å². The van der Waals surface area contributed by atoms with Gasteiger partial charge in [-0.25, -0.2) is 0 Å². The third-order valence-corrected chi connectivity index (χ3v) is 11.4. The number of carbonyl (C=O) groups excluding carboxylic acids is 3. The van der Waals surface area contributed by atoms with Gasteiger partial charge in [-0.2, -0.15) is 0 Å². The van der Waals surface area contributed by atoms with Gasteiger partial charge in [0.1, 0.15) is 13.2 Å². The van der Waals surface area contributed by atoms with Gasteiger partial charge < -0.3 is 14.2 Å². The molecule has 0 saturated carbocycles. The van der Waals surface area contributed by atoms with Crippen LogP contribution >= 0.6 is 0 Å². The molecule has 0 bridgehead atoms. The Kier molecular flexibility index (Phi) is 51.5. The highest BCUT2D eigenvalue weighted by molar-refractivity contribution is 5.71. The summed E-state index contributed by atoms with van der Waals surface area (Å²) in [5.74, 6) is -0.976. The second kappa shape index (κ2) is 54.7. The number of unbranched alkanes of at least 4 members (excludes halogenated alkanes) is 22. The van der Waals surface area contributed by atoms with E-state index in [0.717, 1.165) is 109 Å². The minimum atomic E-state index is -0.808. The summed E-state index contributed by atoms with van der Waals surface area (Å²) in [5.41, 5.74) is 0. The van der Waals surface area contributed by atoms with Crippen molar-refractivity contribution < 1.29 is 28.6 Å². The summed E-state index contributed by atoms with van der Waals surface area (Å²) in [7, 11) is 0. The van der Waals surface area contributed by atoms with Crippen LogP contribution in [0.15, 0.2) is 109 Å². The van der Waals surface area contributed by atoms with Crippen LogP contribution in [0.25, 0.3) is 0 Å². The Morgan fingerprint density at radius 3 is 1.09 bits per heavy atom. The molecule has 0 fully saturated rings. The number of hydrogen-bond donors (Lipinski definition) is 0. The van der Waals surface area contributed by atoms with E-state index in [-0.39, 0.29) is 31.1 Å². The average Bonchev–Trinajstić information content (AvgIpc) is 3.33. The normalized spacial score (nSPS) is 12.9. The summed E-state index contributed by atoms with van der Waals surface area (Å²) >= 11 is 0. The number of allylic oxidation sites excluding steroid dienone is 18. The Hall–Kier alpha value is -3.93. The molecule has 0 radical (unpaired) electrons. The summed E-state index contributed by atoms with van der Waals surface area (Å²) in [6.07, 6.45) is 73.6. The van der Waals surface area contributed by atoms with Gasteiger partial charge in [-0.15, -0.1) is 0 Å². The van der Waals surface area contributed by atoms with Gasteiger partial charge in [0.2, 0.25) is 0 Å². The van der Waals surface area contributed by atoms with Gasteiger partial charge in [0.05, 0.1) is 0 Å². The highest BCUT2D eigenvalue weighted by atomic mass is 16.6. The second-order valence-corrected chi connectivity index (χ2v) is 17.8. The predicted octanol–water partition coefficient (Wildman–Crippen LogP) is 18.3. The van der Waals surface area contributed by atoms with Gasteiger partial charge in [0.15, 0.2) is 6.10 Å². The van der Waals surface area contributed by atoms with Gasteiger partial charge in [0.25, 0.3) is 0 Å². The van der Waals surface area contributed by atoms with Crippen molar-refractivity contribution in [2.45, 2.75) is 245 Å². The maximum atomic E-state index is 12.8. The van der Waals surface area contributed by atoms with Gasteiger partial charge in [0, 0.05) is 19.3 Å². The molecule has 67 heavy (non-hydrogen) atoms. The average molecular weight is 929 g/mol. The van der Waals surface area contributed by atoms with Crippen molar-refractivity contribution in [3.05, 3.63) is 109 Å². The van der Waals surface area contributed by atoms with E-state index in [1.165, 1.54) is 89.9 Å². The lowest BCUT2D eigenvalue weighted by molar-refractivity contribution is -0.167. The van der Waals surface area contributed by atoms with Crippen LogP contribution < -0.4 is 0 Å². The van der Waals surface area contributed by atoms with E-state index in [0.29, 0.717) is 19.3 Å². The van der Waals surface area contributed by atoms with Crippen molar-refractivity contribution in [3.63, 3.8) is 0 Å². The molecule has 0 aromatic carbocycles. The molecule has 0 rings (SSSR count). The van der Waals surface area contributed by atoms with Crippen molar-refractivity contribution in [1.82, 2.24) is 0 Å². The number of ether oxygens (including phenoxy) is 3. The largest absolute Gasteiger partial charge is 0.462 e. The third-order valence-electron chi connectivity index (χ3n) is 11.4. The Morgan fingerprint density at radius 1 is 0.328 bits per heavy atom. The molecule has 0 aliphatic rings. The molecule has 6 nitrogen and oxygen atoms in total. The van der Waals surface area contributed by atoms with Gasteiger partial charge in [-0.05, 0) is 83.5 Å². The molecule has 0 aromatic heterocycles. The van der Waals surface area contributed by atoms with Gasteiger partial charge in [-0.3, -0.25) is 14.4 Å². The smallest absolute Gasteiger partial charge is 0.306 e. The van der Waals surface area contributed by atoms with Crippen LogP contribution in [-0.4, -0.2) is 37.2 Å². The zero-order valence-electron chi connectivity index (χ0n) is 43.4. The Balaban J connectivity index is 4.48. The van der Waals surface area contributed by atoms with E-state index >= 15 is 0 Å². The fourth-order valence-electron chi connectivity index (χ4n) is 7.30. The van der Waals surface area contributed by atoms with Crippen molar-refractivity contribution >= 4 is 17.9 Å². The summed E-state index contributed by atoms with van der Waals surface area (Å²) in [5, 5.41) is 0. The molecule has 0 aliphatic heterocycles. The summed E-state index contributed by atoms with van der Waals surface area (Å²) < 4.78 is 16.8. The Labute approximate surface area is 412 Å². The number of rotatable bonds is 48. The van der Waals surface area contributed by atoms with E-state index in [1.54, 1.807) is 0 Å². The topological polar surface area (TPSA) is 78.9 Å². The van der Waals surface area contributed by atoms with E-state index < -0.39 is 6.10 Å². The molecule has 1 atom stereocenters. The van der Waals surface area contributed by atoms with Crippen LogP contribution in [0.5, 0.6) is 0 Å². The van der Waals surface area contributed by atoms with E-state index in [9.17, 15) is 14.4 Å². The van der Waals surface area contributed by atoms with Gasteiger partial charge >= 0.3 is 17.9 Å². The molecule has 1 unspecified atom stereocenters. The summed E-state index contributed by atoms with van der Waals surface area (Å²) in [6, 6.07) is 0. The standard InChI is InChI=1S/C61H100O6/c1-4-7-10-13-16-19-22-25-27-29-30-32-33-36-39-42-45-48-51-54-60(63)66-57-58(56-65-59(62)53-50-47-44-41-38-35-24-21-18-15-12-9-6-3)67-61(64)55-52-49-46-43-40-37-34-31-28-26-23-20-17-14-11-8-5-2/h7,9-10,12,15-16,18-19,21,24-25,27,30,32,35-36,38-39,58H,4-6,8,11,13-14,17,20,22-23,26,28-29,31,33-34,37,40-57H2,1-3H3/b10-7-,12-9-,18-15-,19-16-,24-21-,27-25-,32-30-,38-35-,39-36-. The first-order valence-corrected chi connectivity index (χ1v) is 27.4. The zero-order valence-corrected chi connectivity index (χ0v) is 43.4. The number of hydrogen-bond acceptors (Lipinski definition) is 6. The highest BCUT2D eigenvalue weighted by Crippen LogP contribution is 2.15. The van der Waals surface area contributed by atoms with Crippen molar-refractivity contribution in [2.24, 2.45) is 0 Å². The van der Waals surface area contributed by atoms with E-state index in [4.69, 9.17) is 14.2 Å². The molecule has 0 saturated heterocycles. The van der Waals surface area contributed by atoms with Crippen LogP contribution in [-0.2, 0) is 28.6 Å².